The fourth-order valence-corrected chi connectivity index (χ4v) is 0. The Labute approximate surface area is 107 Å². The number of alkyl halides is 6. The van der Waals surface area contributed by atoms with Crippen molar-refractivity contribution >= 4 is 69.6 Å². The van der Waals surface area contributed by atoms with Crippen molar-refractivity contribution in [2.75, 3.05) is 0 Å². The van der Waals surface area contributed by atoms with Crippen LogP contribution >= 0.6 is 69.6 Å². The van der Waals surface area contributed by atoms with Crippen LogP contribution in [0.4, 0.5) is 0 Å². The van der Waals surface area contributed by atoms with Crippen LogP contribution in [0.3, 0.4) is 0 Å². The fourth-order valence-electron chi connectivity index (χ4n) is 0. The van der Waals surface area contributed by atoms with Gasteiger partial charge in [0.25, 0.3) is 0 Å². The molecule has 0 unspecified atom stereocenters. The van der Waals surface area contributed by atoms with E-state index in [1.165, 1.54) is 0 Å². The van der Waals surface area contributed by atoms with Crippen molar-refractivity contribution in [3.05, 3.63) is 0 Å². The summed E-state index contributed by atoms with van der Waals surface area (Å²) in [5.74, 6) is 0. The standard InChI is InChI=1S/C2Cl6.Na.H/c3-1(4,5)2(6,7)8;;/q;+1;-1. The van der Waals surface area contributed by atoms with Crippen molar-refractivity contribution in [2.24, 2.45) is 0 Å². The van der Waals surface area contributed by atoms with Crippen LogP contribution in [0.1, 0.15) is 1.43 Å². The first-order valence-corrected chi connectivity index (χ1v) is 3.65. The van der Waals surface area contributed by atoms with Crippen LogP contribution in [0, 0.1) is 0 Å². The van der Waals surface area contributed by atoms with Crippen molar-refractivity contribution in [2.45, 2.75) is 7.59 Å². The summed E-state index contributed by atoms with van der Waals surface area (Å²) in [6.07, 6.45) is 0. The zero-order valence-electron chi connectivity index (χ0n) is 5.27. The molecule has 9 heavy (non-hydrogen) atoms. The van der Waals surface area contributed by atoms with Gasteiger partial charge in [-0.05, 0) is 0 Å². The first-order valence-electron chi connectivity index (χ1n) is 1.38. The van der Waals surface area contributed by atoms with Crippen molar-refractivity contribution < 1.29 is 31.0 Å². The Morgan fingerprint density at radius 3 is 0.778 bits per heavy atom. The Bertz CT molecular complexity index is 70.7. The normalized spacial score (nSPS) is 12.7. The first kappa shape index (κ1) is 14.3. The van der Waals surface area contributed by atoms with Crippen LogP contribution in [-0.4, -0.2) is 7.59 Å². The molecule has 0 spiro atoms. The van der Waals surface area contributed by atoms with E-state index in [1.54, 1.807) is 0 Å². The van der Waals surface area contributed by atoms with Gasteiger partial charge in [-0.25, -0.2) is 0 Å². The third-order valence-corrected chi connectivity index (χ3v) is 2.89. The van der Waals surface area contributed by atoms with Gasteiger partial charge in [-0.1, -0.05) is 69.6 Å². The SMILES string of the molecule is ClC(Cl)(Cl)C(Cl)(Cl)Cl.[H-].[Na+]. The minimum absolute atomic E-state index is 0. The Morgan fingerprint density at radius 1 is 0.667 bits per heavy atom. The van der Waals surface area contributed by atoms with E-state index in [1.807, 2.05) is 0 Å². The molecule has 0 heterocycles. The zero-order valence-corrected chi connectivity index (χ0v) is 10.8. The molecule has 0 rings (SSSR count). The molecule has 0 bridgehead atoms. The molecule has 0 aliphatic carbocycles. The van der Waals surface area contributed by atoms with Gasteiger partial charge in [-0.15, -0.1) is 0 Å². The van der Waals surface area contributed by atoms with E-state index in [-0.39, 0.29) is 31.0 Å². The maximum Gasteiger partial charge on any atom is 1.00 e. The smallest absolute Gasteiger partial charge is 1.00 e. The van der Waals surface area contributed by atoms with Gasteiger partial charge in [-0.3, -0.25) is 0 Å². The van der Waals surface area contributed by atoms with E-state index in [2.05, 4.69) is 0 Å². The predicted molar refractivity (Wildman–Crippen MR) is 41.7 cm³/mol. The summed E-state index contributed by atoms with van der Waals surface area (Å²) in [7, 11) is 0. The van der Waals surface area contributed by atoms with Gasteiger partial charge < -0.3 is 1.43 Å². The van der Waals surface area contributed by atoms with E-state index in [0.717, 1.165) is 0 Å². The van der Waals surface area contributed by atoms with Crippen LogP contribution in [0.15, 0.2) is 0 Å². The minimum atomic E-state index is -1.85. The van der Waals surface area contributed by atoms with E-state index >= 15 is 0 Å². The molecule has 0 aromatic heterocycles. The monoisotopic (exact) mass is 258 g/mol. The Balaban J connectivity index is -0.000000245. The summed E-state index contributed by atoms with van der Waals surface area (Å²) in [5.41, 5.74) is 0. The summed E-state index contributed by atoms with van der Waals surface area (Å²) in [4.78, 5) is 0. The molecule has 0 fully saturated rings. The second kappa shape index (κ2) is 4.69. The Hall–Kier alpha value is 2.74. The van der Waals surface area contributed by atoms with Crippen molar-refractivity contribution in [1.82, 2.24) is 0 Å². The van der Waals surface area contributed by atoms with Crippen LogP contribution in [0.2, 0.25) is 0 Å². The quantitative estimate of drug-likeness (QED) is 0.447. The molecule has 0 aromatic rings. The third-order valence-electron chi connectivity index (χ3n) is 0.321. The summed E-state index contributed by atoms with van der Waals surface area (Å²) >= 11 is 30.9. The molecule has 7 heteroatoms. The fraction of sp³-hybridized carbons (Fsp3) is 1.00. The molecule has 0 nitrogen and oxygen atoms in total. The molecule has 0 aromatic carbocycles. The number of rotatable bonds is 0. The summed E-state index contributed by atoms with van der Waals surface area (Å²) in [6.45, 7) is 0. The molecule has 52 valence electrons. The van der Waals surface area contributed by atoms with E-state index in [0.29, 0.717) is 0 Å². The van der Waals surface area contributed by atoms with Gasteiger partial charge in [-0.2, -0.15) is 0 Å². The molecular formula is C2HCl6Na. The molecular weight excluding hydrogens is 260 g/mol. The number of hydrogen-bond acceptors (Lipinski definition) is 0. The molecule has 0 aliphatic heterocycles. The van der Waals surface area contributed by atoms with E-state index < -0.39 is 7.59 Å². The van der Waals surface area contributed by atoms with Crippen molar-refractivity contribution in [3.63, 3.8) is 0 Å². The second-order valence-corrected chi connectivity index (χ2v) is 5.56. The summed E-state index contributed by atoms with van der Waals surface area (Å²) in [6, 6.07) is 0. The van der Waals surface area contributed by atoms with Crippen LogP contribution < -0.4 is 29.6 Å². The van der Waals surface area contributed by atoms with Gasteiger partial charge in [0.1, 0.15) is 0 Å². The predicted octanol–water partition coefficient (Wildman–Crippen LogP) is 0.843. The zero-order chi connectivity index (χ0) is 7.00. The maximum atomic E-state index is 5.14. The largest absolute Gasteiger partial charge is 1.00 e. The minimum Gasteiger partial charge on any atom is -1.00 e. The maximum absolute atomic E-state index is 5.14. The van der Waals surface area contributed by atoms with E-state index in [4.69, 9.17) is 69.6 Å². The third kappa shape index (κ3) is 5.95. The molecule has 0 saturated heterocycles. The summed E-state index contributed by atoms with van der Waals surface area (Å²) < 4.78 is -3.70. The topological polar surface area (TPSA) is 0 Å². The molecule has 0 radical (unpaired) electrons. The van der Waals surface area contributed by atoms with Crippen molar-refractivity contribution in [3.8, 4) is 0 Å². The number of halogens is 6. The summed E-state index contributed by atoms with van der Waals surface area (Å²) in [5, 5.41) is 0. The molecule has 0 aliphatic rings. The first-order chi connectivity index (χ1) is 3.25. The Kier molecular flexibility index (Phi) is 7.44. The molecule has 0 atom stereocenters. The van der Waals surface area contributed by atoms with Crippen LogP contribution in [-0.2, 0) is 0 Å². The molecule has 0 amide bonds. The average molecular weight is 261 g/mol. The van der Waals surface area contributed by atoms with Crippen LogP contribution in [0.5, 0.6) is 0 Å². The van der Waals surface area contributed by atoms with Gasteiger partial charge in [0, 0.05) is 0 Å². The van der Waals surface area contributed by atoms with Crippen molar-refractivity contribution in [1.29, 1.82) is 0 Å². The van der Waals surface area contributed by atoms with Crippen LogP contribution in [0.25, 0.3) is 0 Å². The van der Waals surface area contributed by atoms with Gasteiger partial charge in [0.15, 0.2) is 0 Å². The second-order valence-electron chi connectivity index (χ2n) is 0.996. The number of hydrogen-bond donors (Lipinski definition) is 0. The van der Waals surface area contributed by atoms with Gasteiger partial charge >= 0.3 is 29.6 Å². The average Bonchev–Trinajstić information content (AvgIpc) is 1.25. The Morgan fingerprint density at radius 2 is 0.778 bits per heavy atom. The van der Waals surface area contributed by atoms with E-state index in [9.17, 15) is 0 Å². The molecule has 0 saturated carbocycles. The van der Waals surface area contributed by atoms with Gasteiger partial charge in [0.2, 0.25) is 7.59 Å². The van der Waals surface area contributed by atoms with Gasteiger partial charge in [0.05, 0.1) is 0 Å². The molecule has 0 N–H and O–H groups in total.